The first-order valence-electron chi connectivity index (χ1n) is 18.3. The van der Waals surface area contributed by atoms with Crippen LogP contribution >= 0.6 is 46.0 Å². The van der Waals surface area contributed by atoms with Crippen LogP contribution < -0.4 is 98.5 Å². The minimum absolute atomic E-state index is 0. The molecule has 0 aliphatic heterocycles. The average Bonchev–Trinajstić information content (AvgIpc) is 3.10. The van der Waals surface area contributed by atoms with Crippen molar-refractivity contribution in [3.63, 3.8) is 0 Å². The summed E-state index contributed by atoms with van der Waals surface area (Å²) in [5.41, 5.74) is -3.88. The predicted octanol–water partition coefficient (Wildman–Crippen LogP) is -5.78. The maximum absolute atomic E-state index is 11.6. The Bertz CT molecular complexity index is 1640. The average molecular weight is 1100 g/mol. The van der Waals surface area contributed by atoms with E-state index < -0.39 is 110 Å². The smallest absolute Gasteiger partial charge is 0.870 e. The molecular formula is C30H64Na3O26P6-. The summed E-state index contributed by atoms with van der Waals surface area (Å²) in [5.74, 6) is -4.25. The van der Waals surface area contributed by atoms with Crippen LogP contribution in [0.1, 0.15) is 107 Å². The molecule has 0 aliphatic carbocycles. The third-order valence-corrected chi connectivity index (χ3v) is 17.7. The Hall–Kier alpha value is 1.94. The van der Waals surface area contributed by atoms with E-state index in [1.165, 1.54) is 41.9 Å². The first kappa shape index (κ1) is 83.8. The van der Waals surface area contributed by atoms with Crippen molar-refractivity contribution in [2.75, 3.05) is 14.2 Å². The summed E-state index contributed by atoms with van der Waals surface area (Å²) in [5, 5.41) is 8.63. The maximum atomic E-state index is 11.6. The fourth-order valence-corrected chi connectivity index (χ4v) is 10.3. The van der Waals surface area contributed by atoms with Gasteiger partial charge in [-0.1, -0.05) is 68.2 Å². The molecule has 0 aliphatic rings. The molecule has 0 saturated carbocycles. The molecule has 0 rings (SSSR count). The number of hydrogen-bond acceptors (Lipinski definition) is 17. The molecule has 0 aromatic rings. The molecule has 0 spiro atoms. The topological polar surface area (TPSA) is 466 Å². The molecule has 374 valence electrons. The Balaban J connectivity index is -0.000000110. The van der Waals surface area contributed by atoms with Gasteiger partial charge in [-0.05, 0) is 38.5 Å². The summed E-state index contributed by atoms with van der Waals surface area (Å²) in [6.07, 6.45) is 3.42. The summed E-state index contributed by atoms with van der Waals surface area (Å²) in [7, 11) is -25.4. The van der Waals surface area contributed by atoms with E-state index in [-0.39, 0.29) is 120 Å². The number of carboxylic acid groups (broad SMARTS) is 1. The van der Waals surface area contributed by atoms with Crippen molar-refractivity contribution in [3.8, 4) is 0 Å². The number of phosphoric acid groups is 2. The molecule has 0 heterocycles. The van der Waals surface area contributed by atoms with Gasteiger partial charge < -0.3 is 78.4 Å². The van der Waals surface area contributed by atoms with Crippen molar-refractivity contribution in [3.05, 3.63) is 0 Å². The van der Waals surface area contributed by atoms with Gasteiger partial charge in [-0.3, -0.25) is 43.2 Å². The van der Waals surface area contributed by atoms with E-state index in [1.54, 1.807) is 34.0 Å². The van der Waals surface area contributed by atoms with Crippen LogP contribution in [0.2, 0.25) is 0 Å². The van der Waals surface area contributed by atoms with Gasteiger partial charge in [0.05, 0.1) is 62.4 Å². The zero-order valence-corrected chi connectivity index (χ0v) is 50.3. The van der Waals surface area contributed by atoms with Gasteiger partial charge in [0.25, 0.3) is 0 Å². The normalized spacial score (nSPS) is 16.9. The van der Waals surface area contributed by atoms with Crippen LogP contribution in [0.3, 0.4) is 0 Å². The monoisotopic (exact) mass is 1100 g/mol. The molecule has 10 N–H and O–H groups in total. The van der Waals surface area contributed by atoms with E-state index in [0.717, 1.165) is 0 Å². The van der Waals surface area contributed by atoms with Crippen molar-refractivity contribution < 1.29 is 213 Å². The second kappa shape index (κ2) is 39.5. The number of aliphatic carboxylic acids is 1. The minimum atomic E-state index is -5.51. The fourth-order valence-electron chi connectivity index (χ4n) is 4.58. The van der Waals surface area contributed by atoms with E-state index >= 15 is 0 Å². The molecule has 0 radical (unpaired) electrons. The Morgan fingerprint density at radius 1 is 0.538 bits per heavy atom. The van der Waals surface area contributed by atoms with Gasteiger partial charge in [-0.2, -0.15) is 0 Å². The zero-order valence-electron chi connectivity index (χ0n) is 39.0. The van der Waals surface area contributed by atoms with E-state index in [2.05, 4.69) is 18.1 Å². The SMILES string of the molecule is CCC(CC(C)P(=O)(O)O)C(=O)O.CCC(CC(C)P(=O)(O)O)C(=O)OC.CCC(CC(C)P(=O)(O)OP(=O)(O)O)C(=O)OC.CCC([C-]=O)CC(C)P(=O)(O)OP(=O)([O-])[O-].[Na+].[Na+].[Na+].[OH-]. The second-order valence-electron chi connectivity index (χ2n) is 13.7. The van der Waals surface area contributed by atoms with Crippen LogP contribution in [0.25, 0.3) is 0 Å². The van der Waals surface area contributed by atoms with Crippen molar-refractivity contribution in [2.24, 2.45) is 23.7 Å². The molecule has 65 heavy (non-hydrogen) atoms. The standard InChI is InChI=1S/C8H18O8P2.C8H17O5P.C7H15O7P2.C7H15O5P.3Na.H2O/c1-4-7(8(9)15-3)5-6(2)17(10,11)16-18(12,13)14;1-4-7(8(9)13-3)5-6(2)14(10,11)12;1-3-7(5-8)4-6(2)15(9,10)14-16(11,12)13;1-3-6(7(8)9)4-5(2)13(10,11)12;;;;/h6-7H,4-5H2,1-3H3,(H,10,11)(H2,12,13,14);6-7H,4-5H2,1-3H3,(H2,10,11,12);6-7H,3-4H2,1-2H3,(H,9,10)(H2,11,12,13);5-6H,3-4H2,1-2H3,(H,8,9)(H2,10,11,12);;;;1H2/q;;-1;;3*+1;/p-3. The second-order valence-corrected chi connectivity index (χ2v) is 25.0. The third-order valence-electron chi connectivity index (χ3n) is 8.76. The van der Waals surface area contributed by atoms with E-state index in [4.69, 9.17) is 34.5 Å². The minimum Gasteiger partial charge on any atom is -0.870 e. The maximum Gasteiger partial charge on any atom is 1.00 e. The third kappa shape index (κ3) is 42.2. The molecule has 0 aromatic carbocycles. The molecule has 0 bridgehead atoms. The van der Waals surface area contributed by atoms with Crippen molar-refractivity contribution in [1.82, 2.24) is 0 Å². The van der Waals surface area contributed by atoms with Gasteiger partial charge in [0.15, 0.2) is 0 Å². The van der Waals surface area contributed by atoms with Gasteiger partial charge in [0, 0.05) is 0 Å². The summed E-state index contributed by atoms with van der Waals surface area (Å²) in [6, 6.07) is 0. The van der Waals surface area contributed by atoms with E-state index in [1.807, 2.05) is 0 Å². The van der Waals surface area contributed by atoms with Crippen LogP contribution in [0.15, 0.2) is 0 Å². The zero-order chi connectivity index (χ0) is 49.5. The number of carbonyl (C=O) groups is 3. The van der Waals surface area contributed by atoms with Crippen molar-refractivity contribution in [1.29, 1.82) is 0 Å². The Labute approximate surface area is 446 Å². The number of carbonyl (C=O) groups excluding carboxylic acids is 3. The van der Waals surface area contributed by atoms with Gasteiger partial charge in [-0.25, -0.2) is 8.88 Å². The molecular weight excluding hydrogens is 1030 g/mol. The van der Waals surface area contributed by atoms with Crippen molar-refractivity contribution >= 4 is 70.2 Å². The van der Waals surface area contributed by atoms with Gasteiger partial charge in [-0.15, -0.1) is 5.92 Å². The summed E-state index contributed by atoms with van der Waals surface area (Å²) < 4.78 is 81.7. The first-order valence-corrected chi connectivity index (χ1v) is 27.9. The Morgan fingerprint density at radius 3 is 1.06 bits per heavy atom. The number of carboxylic acids is 1. The molecule has 10 atom stereocenters. The number of methoxy groups -OCH3 is 2. The summed E-state index contributed by atoms with van der Waals surface area (Å²) >= 11 is 0. The van der Waals surface area contributed by atoms with E-state index in [0.29, 0.717) is 25.7 Å². The quantitative estimate of drug-likeness (QED) is 0.0188. The van der Waals surface area contributed by atoms with Crippen LogP contribution in [0, 0.1) is 23.7 Å². The molecule has 0 aromatic heterocycles. The number of esters is 2. The Morgan fingerprint density at radius 2 is 0.831 bits per heavy atom. The number of ether oxygens (including phenoxy) is 2. The predicted molar refractivity (Wildman–Crippen MR) is 216 cm³/mol. The summed E-state index contributed by atoms with van der Waals surface area (Å²) in [6.45, 7) is 12.2. The van der Waals surface area contributed by atoms with Gasteiger partial charge in [0.2, 0.25) is 0 Å². The van der Waals surface area contributed by atoms with Gasteiger partial charge in [0.1, 0.15) is 0 Å². The molecule has 26 nitrogen and oxygen atoms in total. The molecule has 35 heteroatoms. The van der Waals surface area contributed by atoms with E-state index in [9.17, 15) is 66.1 Å². The molecule has 10 unspecified atom stereocenters. The van der Waals surface area contributed by atoms with Crippen molar-refractivity contribution in [2.45, 2.75) is 129 Å². The van der Waals surface area contributed by atoms with Gasteiger partial charge >= 0.3 is 145 Å². The van der Waals surface area contributed by atoms with Crippen LogP contribution in [-0.4, -0.2) is 111 Å². The van der Waals surface area contributed by atoms with Crippen LogP contribution in [0.4, 0.5) is 0 Å². The number of hydrogen-bond donors (Lipinski definition) is 9. The summed E-state index contributed by atoms with van der Waals surface area (Å²) in [4.78, 5) is 135. The first-order chi connectivity index (χ1) is 27.3. The fraction of sp³-hybridized carbons (Fsp3) is 0.867. The molecule has 0 saturated heterocycles. The largest absolute Gasteiger partial charge is 1.00 e. The number of rotatable bonds is 24. The Kier molecular flexibility index (Phi) is 50.9. The van der Waals surface area contributed by atoms with Crippen LogP contribution in [0.5, 0.6) is 0 Å². The van der Waals surface area contributed by atoms with Crippen LogP contribution in [-0.2, 0) is 64.7 Å². The molecule has 0 amide bonds. The molecule has 0 fully saturated rings.